The first-order valence-corrected chi connectivity index (χ1v) is 9.32. The molecule has 1 N–H and O–H groups in total. The van der Waals surface area contributed by atoms with Gasteiger partial charge in [0.05, 0.1) is 0 Å². The predicted octanol–water partition coefficient (Wildman–Crippen LogP) is 5.45. The molecule has 1 aliphatic carbocycles. The maximum atomic E-state index is 10.6. The van der Waals surface area contributed by atoms with E-state index in [1.54, 1.807) is 0 Å². The summed E-state index contributed by atoms with van der Waals surface area (Å²) in [6.45, 7) is 6.11. The molecule has 0 spiro atoms. The Morgan fingerprint density at radius 3 is 2.20 bits per heavy atom. The van der Waals surface area contributed by atoms with Crippen molar-refractivity contribution in [3.63, 3.8) is 0 Å². The average Bonchev–Trinajstić information content (AvgIpc) is 2.28. The fourth-order valence-electron chi connectivity index (χ4n) is 2.19. The molecule has 1 aliphatic rings. The van der Waals surface area contributed by atoms with E-state index in [4.69, 9.17) is 11.6 Å². The molecule has 1 fully saturated rings. The van der Waals surface area contributed by atoms with Crippen LogP contribution in [0.15, 0.2) is 28.7 Å². The van der Waals surface area contributed by atoms with Crippen molar-refractivity contribution in [1.82, 2.24) is 0 Å². The van der Waals surface area contributed by atoms with E-state index in [9.17, 15) is 4.55 Å². The minimum absolute atomic E-state index is 0.00711. The Bertz CT molecular complexity index is 498. The van der Waals surface area contributed by atoms with Crippen LogP contribution in [0.2, 0.25) is 5.02 Å². The summed E-state index contributed by atoms with van der Waals surface area (Å²) in [5.41, 5.74) is 1.24. The van der Waals surface area contributed by atoms with Gasteiger partial charge >= 0.3 is 0 Å². The summed E-state index contributed by atoms with van der Waals surface area (Å²) in [5, 5.41) is 0.757. The van der Waals surface area contributed by atoms with E-state index in [0.29, 0.717) is 0 Å². The highest BCUT2D eigenvalue weighted by Gasteiger charge is 2.38. The largest absolute Gasteiger partial charge is 0.331 e. The van der Waals surface area contributed by atoms with E-state index in [-0.39, 0.29) is 10.2 Å². The lowest BCUT2D eigenvalue weighted by Gasteiger charge is -2.42. The normalized spacial score (nSPS) is 23.1. The number of halogens is 1. The van der Waals surface area contributed by atoms with E-state index in [1.807, 2.05) is 45.4 Å². The first-order valence-electron chi connectivity index (χ1n) is 6.99. The lowest BCUT2D eigenvalue weighted by atomic mass is 9.65. The zero-order chi connectivity index (χ0) is 15.0. The third kappa shape index (κ3) is 3.05. The minimum Gasteiger partial charge on any atom is -0.331 e. The summed E-state index contributed by atoms with van der Waals surface area (Å²) >= 11 is 5.96. The van der Waals surface area contributed by atoms with E-state index in [0.717, 1.165) is 17.9 Å². The molecule has 1 aromatic carbocycles. The maximum absolute atomic E-state index is 10.6. The first kappa shape index (κ1) is 15.9. The third-order valence-corrected chi connectivity index (χ3v) is 7.42. The molecule has 0 heterocycles. The molecule has 1 aromatic rings. The average molecular weight is 314 g/mol. The van der Waals surface area contributed by atoms with Crippen LogP contribution in [-0.2, 0) is 5.41 Å². The van der Waals surface area contributed by atoms with Crippen molar-refractivity contribution in [1.29, 1.82) is 0 Å². The molecule has 0 saturated heterocycles. The molecule has 1 saturated carbocycles. The molecule has 4 heteroatoms. The van der Waals surface area contributed by atoms with Gasteiger partial charge in [0.25, 0.3) is 0 Å². The summed E-state index contributed by atoms with van der Waals surface area (Å²) < 4.78 is 15.0. The maximum Gasteiger partial charge on any atom is 0.0406 e. The van der Waals surface area contributed by atoms with E-state index < -0.39 is 10.5 Å². The Morgan fingerprint density at radius 2 is 1.80 bits per heavy atom. The van der Waals surface area contributed by atoms with E-state index in [2.05, 4.69) is 16.5 Å². The topological polar surface area (TPSA) is 32.6 Å². The molecule has 0 amide bonds. The van der Waals surface area contributed by atoms with Crippen LogP contribution >= 0.6 is 22.1 Å². The van der Waals surface area contributed by atoms with Crippen LogP contribution < -0.4 is 0 Å². The number of rotatable bonds is 3. The number of benzene rings is 1. The van der Waals surface area contributed by atoms with Crippen LogP contribution in [0.5, 0.6) is 0 Å². The molecular weight excluding hydrogens is 290 g/mol. The monoisotopic (exact) mass is 313 g/mol. The van der Waals surface area contributed by atoms with Crippen molar-refractivity contribution in [3.8, 4) is 0 Å². The van der Waals surface area contributed by atoms with Gasteiger partial charge in [-0.3, -0.25) is 0 Å². The molecule has 0 radical (unpaired) electrons. The van der Waals surface area contributed by atoms with Crippen LogP contribution in [0, 0.1) is 0 Å². The minimum atomic E-state index is -1.98. The van der Waals surface area contributed by atoms with Crippen LogP contribution in [0.1, 0.15) is 45.6 Å². The summed E-state index contributed by atoms with van der Waals surface area (Å²) in [5.74, 6) is 0. The van der Waals surface area contributed by atoms with Crippen molar-refractivity contribution < 1.29 is 4.55 Å². The fraction of sp³-hybridized carbons (Fsp3) is 0.562. The summed E-state index contributed by atoms with van der Waals surface area (Å²) in [7, 11) is -1.98. The third-order valence-electron chi connectivity index (χ3n) is 4.33. The highest BCUT2D eigenvalue weighted by Crippen LogP contribution is 2.54. The molecule has 112 valence electrons. The molecule has 0 bridgehead atoms. The van der Waals surface area contributed by atoms with Gasteiger partial charge in [-0.15, -0.1) is 0 Å². The van der Waals surface area contributed by atoms with Gasteiger partial charge in [-0.1, -0.05) is 30.2 Å². The van der Waals surface area contributed by atoms with Crippen molar-refractivity contribution in [2.45, 2.75) is 50.2 Å². The quantitative estimate of drug-likeness (QED) is 0.739. The van der Waals surface area contributed by atoms with Gasteiger partial charge in [0, 0.05) is 27.7 Å². The molecule has 2 rings (SSSR count). The standard InChI is InChI=1S/C16H24ClNOS/c1-15(2,3)20(4,19)18-12-16(10-5-11-16)13-6-8-14(17)9-7-13/h6-9,12,19H,5,10-11H2,1-4H3/b18-12+. The number of hydrogen-bond acceptors (Lipinski definition) is 2. The molecule has 0 aliphatic heterocycles. The lowest BCUT2D eigenvalue weighted by molar-refractivity contribution is 0.348. The first-order chi connectivity index (χ1) is 9.16. The second-order valence-electron chi connectivity index (χ2n) is 6.70. The van der Waals surface area contributed by atoms with Crippen molar-refractivity contribution >= 4 is 28.3 Å². The van der Waals surface area contributed by atoms with Gasteiger partial charge in [0.2, 0.25) is 0 Å². The Kier molecular flexibility index (Phi) is 4.25. The van der Waals surface area contributed by atoms with Crippen LogP contribution in [0.4, 0.5) is 0 Å². The second kappa shape index (κ2) is 5.36. The number of nitrogens with zero attached hydrogens (tertiary/aromatic N) is 1. The van der Waals surface area contributed by atoms with E-state index >= 15 is 0 Å². The van der Waals surface area contributed by atoms with Gasteiger partial charge in [-0.25, -0.2) is 4.40 Å². The zero-order valence-electron chi connectivity index (χ0n) is 12.7. The molecule has 2 nitrogen and oxygen atoms in total. The van der Waals surface area contributed by atoms with Gasteiger partial charge in [0.15, 0.2) is 0 Å². The summed E-state index contributed by atoms with van der Waals surface area (Å²) in [6, 6.07) is 8.02. The SMILES string of the molecule is CC(C)(C)S(C)(O)/N=C/C1(c2ccc(Cl)cc2)CCC1. The molecule has 0 aromatic heterocycles. The number of hydrogen-bond donors (Lipinski definition) is 1. The van der Waals surface area contributed by atoms with Gasteiger partial charge in [-0.2, -0.15) is 0 Å². The summed E-state index contributed by atoms with van der Waals surface area (Å²) in [6.07, 6.45) is 7.26. The summed E-state index contributed by atoms with van der Waals surface area (Å²) in [4.78, 5) is 0. The van der Waals surface area contributed by atoms with Crippen molar-refractivity contribution in [2.75, 3.05) is 6.26 Å². The molecule has 1 unspecified atom stereocenters. The Balaban J connectivity index is 2.27. The van der Waals surface area contributed by atoms with Gasteiger partial charge < -0.3 is 4.55 Å². The highest BCUT2D eigenvalue weighted by atomic mass is 35.5. The Morgan fingerprint density at radius 1 is 1.25 bits per heavy atom. The van der Waals surface area contributed by atoms with Crippen molar-refractivity contribution in [3.05, 3.63) is 34.9 Å². The predicted molar refractivity (Wildman–Crippen MR) is 91.4 cm³/mol. The van der Waals surface area contributed by atoms with E-state index in [1.165, 1.54) is 12.0 Å². The van der Waals surface area contributed by atoms with Crippen molar-refractivity contribution in [2.24, 2.45) is 4.40 Å². The molecule has 20 heavy (non-hydrogen) atoms. The Labute approximate surface area is 128 Å². The van der Waals surface area contributed by atoms with Crippen LogP contribution in [0.3, 0.4) is 0 Å². The van der Waals surface area contributed by atoms with Crippen LogP contribution in [-0.4, -0.2) is 21.8 Å². The van der Waals surface area contributed by atoms with Gasteiger partial charge in [0.1, 0.15) is 0 Å². The zero-order valence-corrected chi connectivity index (χ0v) is 14.3. The Hall–Kier alpha value is -0.510. The second-order valence-corrected chi connectivity index (χ2v) is 10.2. The molecule has 1 atom stereocenters. The lowest BCUT2D eigenvalue weighted by Crippen LogP contribution is -2.36. The molecular formula is C16H24ClNOS. The highest BCUT2D eigenvalue weighted by molar-refractivity contribution is 8.28. The van der Waals surface area contributed by atoms with Crippen LogP contribution in [0.25, 0.3) is 0 Å². The fourth-order valence-corrected chi connectivity index (χ4v) is 3.04. The smallest absolute Gasteiger partial charge is 0.0406 e. The van der Waals surface area contributed by atoms with Gasteiger partial charge in [-0.05, 0) is 61.8 Å².